The highest BCUT2D eigenvalue weighted by atomic mass is 35.5. The fourth-order valence-corrected chi connectivity index (χ4v) is 2.81. The van der Waals surface area contributed by atoms with Gasteiger partial charge < -0.3 is 4.90 Å². The average Bonchev–Trinajstić information content (AvgIpc) is 2.43. The van der Waals surface area contributed by atoms with Gasteiger partial charge in [-0.15, -0.1) is 11.6 Å². The van der Waals surface area contributed by atoms with Crippen molar-refractivity contribution >= 4 is 17.5 Å². The number of piperazine rings is 1. The Bertz CT molecular complexity index is 423. The third-order valence-corrected chi connectivity index (χ3v) is 4.01. The summed E-state index contributed by atoms with van der Waals surface area (Å²) in [5.74, 6) is 0.121. The molecule has 0 radical (unpaired) electrons. The van der Waals surface area contributed by atoms with Gasteiger partial charge in [0.2, 0.25) is 5.91 Å². The van der Waals surface area contributed by atoms with Crippen LogP contribution < -0.4 is 0 Å². The van der Waals surface area contributed by atoms with Crippen LogP contribution in [0.25, 0.3) is 0 Å². The zero-order valence-electron chi connectivity index (χ0n) is 11.6. The van der Waals surface area contributed by atoms with Crippen molar-refractivity contribution in [1.29, 1.82) is 0 Å². The number of benzene rings is 1. The van der Waals surface area contributed by atoms with E-state index in [-0.39, 0.29) is 17.8 Å². The molecule has 0 N–H and O–H groups in total. The minimum atomic E-state index is 0.0420. The summed E-state index contributed by atoms with van der Waals surface area (Å²) in [6.07, 6.45) is 0. The average molecular weight is 281 g/mol. The lowest BCUT2D eigenvalue weighted by atomic mass is 10.1. The van der Waals surface area contributed by atoms with E-state index in [1.54, 1.807) is 0 Å². The monoisotopic (exact) mass is 280 g/mol. The van der Waals surface area contributed by atoms with Crippen LogP contribution in [0, 0.1) is 0 Å². The minimum Gasteiger partial charge on any atom is -0.336 e. The van der Waals surface area contributed by atoms with Crippen LogP contribution in [0.15, 0.2) is 30.3 Å². The highest BCUT2D eigenvalue weighted by Gasteiger charge is 2.31. The van der Waals surface area contributed by atoms with Crippen molar-refractivity contribution < 1.29 is 4.79 Å². The molecule has 1 saturated heterocycles. The summed E-state index contributed by atoms with van der Waals surface area (Å²) < 4.78 is 0. The van der Waals surface area contributed by atoms with E-state index in [0.717, 1.165) is 19.6 Å². The molecule has 2 rings (SSSR count). The molecule has 19 heavy (non-hydrogen) atoms. The highest BCUT2D eigenvalue weighted by Crippen LogP contribution is 2.18. The molecule has 1 aromatic rings. The molecule has 0 spiro atoms. The van der Waals surface area contributed by atoms with Crippen molar-refractivity contribution in [2.45, 2.75) is 32.5 Å². The Labute approximate surface area is 120 Å². The lowest BCUT2D eigenvalue weighted by molar-refractivity contribution is -0.134. The van der Waals surface area contributed by atoms with Gasteiger partial charge in [0.05, 0.1) is 0 Å². The Morgan fingerprint density at radius 1 is 1.21 bits per heavy atom. The molecule has 1 aliphatic heterocycles. The molecule has 1 aromatic carbocycles. The summed E-state index contributed by atoms with van der Waals surface area (Å²) in [5, 5.41) is 0. The lowest BCUT2D eigenvalue weighted by Crippen LogP contribution is -2.57. The van der Waals surface area contributed by atoms with Gasteiger partial charge in [-0.1, -0.05) is 30.3 Å². The van der Waals surface area contributed by atoms with Crippen LogP contribution >= 0.6 is 11.6 Å². The highest BCUT2D eigenvalue weighted by molar-refractivity contribution is 6.27. The number of alkyl halides is 1. The van der Waals surface area contributed by atoms with E-state index in [2.05, 4.69) is 43.0 Å². The number of halogens is 1. The number of hydrogen-bond donors (Lipinski definition) is 0. The molecular formula is C15H21ClN2O. The number of hydrogen-bond acceptors (Lipinski definition) is 2. The van der Waals surface area contributed by atoms with Crippen molar-refractivity contribution in [3.05, 3.63) is 35.9 Å². The summed E-state index contributed by atoms with van der Waals surface area (Å²) in [6, 6.07) is 11.1. The van der Waals surface area contributed by atoms with Crippen molar-refractivity contribution in [2.24, 2.45) is 0 Å². The molecule has 1 amide bonds. The molecule has 1 aliphatic rings. The Morgan fingerprint density at radius 2 is 1.89 bits per heavy atom. The van der Waals surface area contributed by atoms with Gasteiger partial charge in [-0.3, -0.25) is 9.69 Å². The van der Waals surface area contributed by atoms with Crippen LogP contribution in [0.4, 0.5) is 0 Å². The fourth-order valence-electron chi connectivity index (χ4n) is 2.66. The van der Waals surface area contributed by atoms with E-state index in [4.69, 9.17) is 11.6 Å². The van der Waals surface area contributed by atoms with E-state index in [1.165, 1.54) is 5.56 Å². The number of carbonyl (C=O) groups is 1. The third kappa shape index (κ3) is 3.48. The van der Waals surface area contributed by atoms with Gasteiger partial charge >= 0.3 is 0 Å². The largest absolute Gasteiger partial charge is 0.336 e. The van der Waals surface area contributed by atoms with Crippen LogP contribution in [0.1, 0.15) is 19.4 Å². The maximum absolute atomic E-state index is 11.8. The van der Waals surface area contributed by atoms with Crippen LogP contribution in [0.2, 0.25) is 0 Å². The zero-order valence-corrected chi connectivity index (χ0v) is 12.3. The van der Waals surface area contributed by atoms with E-state index < -0.39 is 0 Å². The van der Waals surface area contributed by atoms with E-state index in [0.29, 0.717) is 6.04 Å². The molecule has 0 bridgehead atoms. The van der Waals surface area contributed by atoms with Gasteiger partial charge in [0, 0.05) is 31.7 Å². The van der Waals surface area contributed by atoms with Gasteiger partial charge in [-0.05, 0) is 19.4 Å². The number of nitrogens with zero attached hydrogens (tertiary/aromatic N) is 2. The van der Waals surface area contributed by atoms with Gasteiger partial charge in [0.15, 0.2) is 0 Å². The van der Waals surface area contributed by atoms with Crippen molar-refractivity contribution in [2.75, 3.05) is 19.0 Å². The first-order valence-electron chi connectivity index (χ1n) is 6.75. The van der Waals surface area contributed by atoms with E-state index >= 15 is 0 Å². The molecule has 1 fully saturated rings. The molecule has 0 aliphatic carbocycles. The topological polar surface area (TPSA) is 23.6 Å². The summed E-state index contributed by atoms with van der Waals surface area (Å²) in [7, 11) is 0. The maximum atomic E-state index is 11.8. The summed E-state index contributed by atoms with van der Waals surface area (Å²) in [6.45, 7) is 6.87. The SMILES string of the molecule is CC1CN(C(=O)CCl)C(C)CN1Cc1ccccc1. The molecular weight excluding hydrogens is 260 g/mol. The molecule has 3 nitrogen and oxygen atoms in total. The van der Waals surface area contributed by atoms with Crippen LogP contribution in [0.3, 0.4) is 0 Å². The van der Waals surface area contributed by atoms with Crippen LogP contribution in [-0.2, 0) is 11.3 Å². The Hall–Kier alpha value is -1.06. The second-order valence-electron chi connectivity index (χ2n) is 5.29. The predicted molar refractivity (Wildman–Crippen MR) is 78.2 cm³/mol. The molecule has 2 unspecified atom stereocenters. The van der Waals surface area contributed by atoms with Gasteiger partial charge in [0.1, 0.15) is 5.88 Å². The Kier molecular flexibility index (Phi) is 4.83. The van der Waals surface area contributed by atoms with Crippen LogP contribution in [-0.4, -0.2) is 46.8 Å². The van der Waals surface area contributed by atoms with E-state index in [9.17, 15) is 4.79 Å². The standard InChI is InChI=1S/C15H21ClN2O/c1-12-10-18(15(19)8-16)13(2)9-17(12)11-14-6-4-3-5-7-14/h3-7,12-13H,8-11H2,1-2H3. The third-order valence-electron chi connectivity index (χ3n) is 3.78. The van der Waals surface area contributed by atoms with Gasteiger partial charge in [-0.25, -0.2) is 0 Å². The van der Waals surface area contributed by atoms with Crippen LogP contribution in [0.5, 0.6) is 0 Å². The van der Waals surface area contributed by atoms with Gasteiger partial charge in [-0.2, -0.15) is 0 Å². The summed E-state index contributed by atoms with van der Waals surface area (Å²) in [4.78, 5) is 16.1. The first-order chi connectivity index (χ1) is 9.11. The van der Waals surface area contributed by atoms with Gasteiger partial charge in [0.25, 0.3) is 0 Å². The lowest BCUT2D eigenvalue weighted by Gasteiger charge is -2.44. The number of carbonyl (C=O) groups excluding carboxylic acids is 1. The Balaban J connectivity index is 2.00. The molecule has 1 heterocycles. The van der Waals surface area contributed by atoms with Crippen molar-refractivity contribution in [1.82, 2.24) is 9.80 Å². The smallest absolute Gasteiger partial charge is 0.237 e. The predicted octanol–water partition coefficient (Wildman–Crippen LogP) is 2.35. The summed E-state index contributed by atoms with van der Waals surface area (Å²) >= 11 is 5.66. The van der Waals surface area contributed by atoms with E-state index in [1.807, 2.05) is 11.0 Å². The second-order valence-corrected chi connectivity index (χ2v) is 5.56. The summed E-state index contributed by atoms with van der Waals surface area (Å²) in [5.41, 5.74) is 1.32. The molecule has 0 saturated carbocycles. The molecule has 0 aromatic heterocycles. The molecule has 104 valence electrons. The molecule has 4 heteroatoms. The first-order valence-corrected chi connectivity index (χ1v) is 7.28. The first kappa shape index (κ1) is 14.4. The molecule has 2 atom stereocenters. The normalized spacial score (nSPS) is 24.5. The number of amides is 1. The number of rotatable bonds is 3. The van der Waals surface area contributed by atoms with Crippen molar-refractivity contribution in [3.8, 4) is 0 Å². The Morgan fingerprint density at radius 3 is 2.53 bits per heavy atom. The quantitative estimate of drug-likeness (QED) is 0.794. The fraction of sp³-hybridized carbons (Fsp3) is 0.533. The minimum absolute atomic E-state index is 0.0420. The second kappa shape index (κ2) is 6.40. The van der Waals surface area contributed by atoms with Crippen molar-refractivity contribution in [3.63, 3.8) is 0 Å². The zero-order chi connectivity index (χ0) is 13.8. The maximum Gasteiger partial charge on any atom is 0.237 e.